The molecular weight excluding hydrogens is 188 g/mol. The van der Waals surface area contributed by atoms with Gasteiger partial charge in [0.2, 0.25) is 0 Å². The van der Waals surface area contributed by atoms with E-state index in [0.29, 0.717) is 11.5 Å². The number of pyridine rings is 1. The van der Waals surface area contributed by atoms with Gasteiger partial charge in [-0.1, -0.05) is 0 Å². The summed E-state index contributed by atoms with van der Waals surface area (Å²) in [7, 11) is 0. The Hall–Kier alpha value is -1.22. The largest absolute Gasteiger partial charge is 0.319 e. The topological polar surface area (TPSA) is 56.0 Å². The van der Waals surface area contributed by atoms with Crippen LogP contribution in [0.5, 0.6) is 0 Å². The van der Waals surface area contributed by atoms with Gasteiger partial charge in [-0.05, 0) is 44.2 Å². The first kappa shape index (κ1) is 10.3. The summed E-state index contributed by atoms with van der Waals surface area (Å²) < 4.78 is 0. The number of Topliss-reactive ketones (excluding diaryl/α,β-unsaturated/α-hetero) is 1. The van der Waals surface area contributed by atoms with Crippen LogP contribution in [0.3, 0.4) is 0 Å². The number of aryl methyl sites for hydroxylation is 1. The van der Waals surface area contributed by atoms with E-state index >= 15 is 0 Å². The summed E-state index contributed by atoms with van der Waals surface area (Å²) in [4.78, 5) is 16.2. The van der Waals surface area contributed by atoms with Crippen LogP contribution in [0.25, 0.3) is 0 Å². The molecule has 1 saturated carbocycles. The number of carbonyl (C=O) groups excluding carboxylic acids is 1. The molecule has 1 atom stereocenters. The van der Waals surface area contributed by atoms with Crippen LogP contribution in [-0.2, 0) is 0 Å². The highest BCUT2D eigenvalue weighted by Gasteiger charge is 2.44. The lowest BCUT2D eigenvalue weighted by Crippen LogP contribution is -2.47. The molecule has 80 valence electrons. The van der Waals surface area contributed by atoms with Crippen molar-refractivity contribution in [3.05, 3.63) is 29.6 Å². The van der Waals surface area contributed by atoms with E-state index < -0.39 is 5.54 Å². The maximum absolute atomic E-state index is 12.2. The van der Waals surface area contributed by atoms with E-state index in [0.717, 1.165) is 18.4 Å². The SMILES string of the molecule is Cc1ccncc1C(=O)C(C)(N)C1CC1. The summed E-state index contributed by atoms with van der Waals surface area (Å²) in [6.45, 7) is 3.75. The van der Waals surface area contributed by atoms with Gasteiger partial charge in [-0.15, -0.1) is 0 Å². The molecule has 0 bridgehead atoms. The highest BCUT2D eigenvalue weighted by Crippen LogP contribution is 2.39. The molecule has 1 heterocycles. The Morgan fingerprint density at radius 3 is 2.80 bits per heavy atom. The van der Waals surface area contributed by atoms with Crippen LogP contribution >= 0.6 is 0 Å². The number of hydrogen-bond acceptors (Lipinski definition) is 3. The zero-order valence-corrected chi connectivity index (χ0v) is 9.16. The Morgan fingerprint density at radius 2 is 2.27 bits per heavy atom. The molecule has 3 heteroatoms. The second-order valence-electron chi connectivity index (χ2n) is 4.58. The molecule has 0 saturated heterocycles. The van der Waals surface area contributed by atoms with E-state index in [1.54, 1.807) is 12.4 Å². The third-order valence-electron chi connectivity index (χ3n) is 3.20. The third kappa shape index (κ3) is 1.79. The lowest BCUT2D eigenvalue weighted by Gasteiger charge is -2.23. The first-order valence-corrected chi connectivity index (χ1v) is 5.28. The number of rotatable bonds is 3. The molecule has 1 aliphatic rings. The zero-order chi connectivity index (χ0) is 11.1. The Balaban J connectivity index is 2.31. The normalized spacial score (nSPS) is 19.7. The average molecular weight is 204 g/mol. The van der Waals surface area contributed by atoms with Crippen LogP contribution in [0.4, 0.5) is 0 Å². The van der Waals surface area contributed by atoms with Gasteiger partial charge in [0.05, 0.1) is 5.54 Å². The molecular formula is C12H16N2O. The number of nitrogens with two attached hydrogens (primary N) is 1. The maximum Gasteiger partial charge on any atom is 0.184 e. The van der Waals surface area contributed by atoms with Crippen LogP contribution in [0.2, 0.25) is 0 Å². The monoisotopic (exact) mass is 204 g/mol. The van der Waals surface area contributed by atoms with E-state index in [-0.39, 0.29) is 5.78 Å². The smallest absolute Gasteiger partial charge is 0.184 e. The molecule has 2 rings (SSSR count). The van der Waals surface area contributed by atoms with Crippen molar-refractivity contribution in [3.63, 3.8) is 0 Å². The van der Waals surface area contributed by atoms with Gasteiger partial charge in [0.15, 0.2) is 5.78 Å². The van der Waals surface area contributed by atoms with E-state index in [9.17, 15) is 4.79 Å². The lowest BCUT2D eigenvalue weighted by molar-refractivity contribution is 0.0882. The van der Waals surface area contributed by atoms with Crippen molar-refractivity contribution < 1.29 is 4.79 Å². The molecule has 0 amide bonds. The standard InChI is InChI=1S/C12H16N2O/c1-8-5-6-14-7-10(8)11(15)12(2,13)9-3-4-9/h5-7,9H,3-4,13H2,1-2H3. The van der Waals surface area contributed by atoms with Gasteiger partial charge in [0.25, 0.3) is 0 Å². The maximum atomic E-state index is 12.2. The Morgan fingerprint density at radius 1 is 1.60 bits per heavy atom. The van der Waals surface area contributed by atoms with Crippen molar-refractivity contribution in [1.29, 1.82) is 0 Å². The number of nitrogens with zero attached hydrogens (tertiary/aromatic N) is 1. The Labute approximate surface area is 89.7 Å². The van der Waals surface area contributed by atoms with E-state index in [2.05, 4.69) is 4.98 Å². The molecule has 0 aliphatic heterocycles. The van der Waals surface area contributed by atoms with Crippen LogP contribution in [0.15, 0.2) is 18.5 Å². The van der Waals surface area contributed by atoms with Crippen molar-refractivity contribution in [2.24, 2.45) is 11.7 Å². The van der Waals surface area contributed by atoms with Crippen molar-refractivity contribution in [3.8, 4) is 0 Å². The summed E-state index contributed by atoms with van der Waals surface area (Å²) in [5.74, 6) is 0.375. The predicted molar refractivity (Wildman–Crippen MR) is 58.6 cm³/mol. The van der Waals surface area contributed by atoms with Gasteiger partial charge in [-0.25, -0.2) is 0 Å². The molecule has 3 nitrogen and oxygen atoms in total. The number of ketones is 1. The summed E-state index contributed by atoms with van der Waals surface area (Å²) in [5.41, 5.74) is 6.99. The predicted octanol–water partition coefficient (Wildman–Crippen LogP) is 1.70. The molecule has 15 heavy (non-hydrogen) atoms. The highest BCUT2D eigenvalue weighted by atomic mass is 16.1. The molecule has 1 unspecified atom stereocenters. The van der Waals surface area contributed by atoms with E-state index in [1.165, 1.54) is 0 Å². The summed E-state index contributed by atoms with van der Waals surface area (Å²) >= 11 is 0. The van der Waals surface area contributed by atoms with Gasteiger partial charge in [-0.2, -0.15) is 0 Å². The second kappa shape index (κ2) is 3.42. The van der Waals surface area contributed by atoms with E-state index in [1.807, 2.05) is 19.9 Å². The third-order valence-corrected chi connectivity index (χ3v) is 3.20. The van der Waals surface area contributed by atoms with Crippen LogP contribution in [0, 0.1) is 12.8 Å². The summed E-state index contributed by atoms with van der Waals surface area (Å²) in [6, 6.07) is 1.84. The quantitative estimate of drug-likeness (QED) is 0.762. The molecule has 0 aromatic carbocycles. The molecule has 1 aromatic rings. The molecule has 1 fully saturated rings. The van der Waals surface area contributed by atoms with Crippen LogP contribution < -0.4 is 5.73 Å². The van der Waals surface area contributed by atoms with Crippen molar-refractivity contribution in [2.75, 3.05) is 0 Å². The zero-order valence-electron chi connectivity index (χ0n) is 9.16. The number of aromatic nitrogens is 1. The van der Waals surface area contributed by atoms with E-state index in [4.69, 9.17) is 5.73 Å². The Kier molecular flexibility index (Phi) is 2.35. The molecule has 1 aromatic heterocycles. The lowest BCUT2D eigenvalue weighted by atomic mass is 9.87. The molecule has 0 radical (unpaired) electrons. The second-order valence-corrected chi connectivity index (χ2v) is 4.58. The summed E-state index contributed by atoms with van der Waals surface area (Å²) in [6.07, 6.45) is 5.44. The molecule has 2 N–H and O–H groups in total. The van der Waals surface area contributed by atoms with Gasteiger partial charge in [-0.3, -0.25) is 9.78 Å². The van der Waals surface area contributed by atoms with Gasteiger partial charge < -0.3 is 5.73 Å². The van der Waals surface area contributed by atoms with Crippen molar-refractivity contribution in [2.45, 2.75) is 32.2 Å². The minimum Gasteiger partial charge on any atom is -0.319 e. The molecule has 1 aliphatic carbocycles. The first-order valence-electron chi connectivity index (χ1n) is 5.28. The van der Waals surface area contributed by atoms with Gasteiger partial charge >= 0.3 is 0 Å². The first-order chi connectivity index (χ1) is 7.03. The van der Waals surface area contributed by atoms with Crippen molar-refractivity contribution in [1.82, 2.24) is 4.98 Å². The molecule has 0 spiro atoms. The summed E-state index contributed by atoms with van der Waals surface area (Å²) in [5, 5.41) is 0. The van der Waals surface area contributed by atoms with Crippen LogP contribution in [0.1, 0.15) is 35.7 Å². The fourth-order valence-corrected chi connectivity index (χ4v) is 1.86. The number of hydrogen-bond donors (Lipinski definition) is 1. The fourth-order valence-electron chi connectivity index (χ4n) is 1.86. The Bertz CT molecular complexity index is 394. The average Bonchev–Trinajstić information content (AvgIpc) is 3.00. The number of carbonyl (C=O) groups is 1. The van der Waals surface area contributed by atoms with Gasteiger partial charge in [0.1, 0.15) is 0 Å². The highest BCUT2D eigenvalue weighted by molar-refractivity contribution is 6.04. The minimum atomic E-state index is -0.714. The van der Waals surface area contributed by atoms with Crippen molar-refractivity contribution >= 4 is 5.78 Å². The van der Waals surface area contributed by atoms with Gasteiger partial charge in [0, 0.05) is 18.0 Å². The van der Waals surface area contributed by atoms with Crippen LogP contribution in [-0.4, -0.2) is 16.3 Å². The fraction of sp³-hybridized carbons (Fsp3) is 0.500. The minimum absolute atomic E-state index is 0.0237.